The lowest BCUT2D eigenvalue weighted by molar-refractivity contribution is -0.145. The van der Waals surface area contributed by atoms with Crippen molar-refractivity contribution < 1.29 is 19.8 Å². The van der Waals surface area contributed by atoms with Crippen LogP contribution in [0.25, 0.3) is 0 Å². The number of hydrogen-bond donors (Lipinski definition) is 2. The molecule has 0 unspecified atom stereocenters. The molecule has 0 heterocycles. The molecule has 0 spiro atoms. The summed E-state index contributed by atoms with van der Waals surface area (Å²) in [6.45, 7) is 6.19. The van der Waals surface area contributed by atoms with Crippen molar-refractivity contribution in [3.63, 3.8) is 0 Å². The van der Waals surface area contributed by atoms with Gasteiger partial charge >= 0.3 is 11.9 Å². The van der Waals surface area contributed by atoms with Gasteiger partial charge in [-0.1, -0.05) is 45.0 Å². The lowest BCUT2D eigenvalue weighted by Gasteiger charge is -2.20. The van der Waals surface area contributed by atoms with Crippen molar-refractivity contribution >= 4 is 11.9 Å². The van der Waals surface area contributed by atoms with Crippen molar-refractivity contribution in [1.82, 2.24) is 0 Å². The number of aliphatic carboxylic acids is 2. The molecule has 18 heavy (non-hydrogen) atoms. The summed E-state index contributed by atoms with van der Waals surface area (Å²) >= 11 is 0. The highest BCUT2D eigenvalue weighted by Gasteiger charge is 2.23. The van der Waals surface area contributed by atoms with Crippen LogP contribution in [0.5, 0.6) is 0 Å². The Morgan fingerprint density at radius 3 is 1.94 bits per heavy atom. The fourth-order valence-electron chi connectivity index (χ4n) is 1.74. The number of carbonyl (C=O) groups is 2. The third kappa shape index (κ3) is 3.58. The summed E-state index contributed by atoms with van der Waals surface area (Å²) in [7, 11) is 0. The molecule has 0 saturated heterocycles. The van der Waals surface area contributed by atoms with Gasteiger partial charge in [-0.2, -0.15) is 0 Å². The van der Waals surface area contributed by atoms with Gasteiger partial charge in [0.15, 0.2) is 0 Å². The average molecular weight is 250 g/mol. The van der Waals surface area contributed by atoms with Gasteiger partial charge in [-0.05, 0) is 16.5 Å². The van der Waals surface area contributed by atoms with Gasteiger partial charge in [0.1, 0.15) is 0 Å². The summed E-state index contributed by atoms with van der Waals surface area (Å²) in [6, 6.07) is 7.10. The zero-order valence-corrected chi connectivity index (χ0v) is 10.8. The minimum Gasteiger partial charge on any atom is -0.481 e. The second kappa shape index (κ2) is 5.21. The van der Waals surface area contributed by atoms with Crippen LogP contribution >= 0.6 is 0 Å². The van der Waals surface area contributed by atoms with Gasteiger partial charge in [-0.3, -0.25) is 9.59 Å². The molecule has 1 aromatic rings. The first-order valence-electron chi connectivity index (χ1n) is 5.77. The third-order valence-corrected chi connectivity index (χ3v) is 2.86. The van der Waals surface area contributed by atoms with Gasteiger partial charge in [0.2, 0.25) is 0 Å². The van der Waals surface area contributed by atoms with Crippen LogP contribution in [0, 0.1) is 0 Å². The Hall–Kier alpha value is -1.84. The molecule has 0 amide bonds. The third-order valence-electron chi connectivity index (χ3n) is 2.86. The Kier molecular flexibility index (Phi) is 4.11. The second-order valence-electron chi connectivity index (χ2n) is 5.36. The van der Waals surface area contributed by atoms with Crippen LogP contribution in [0.3, 0.4) is 0 Å². The lowest BCUT2D eigenvalue weighted by Crippen LogP contribution is -2.16. The highest BCUT2D eigenvalue weighted by atomic mass is 16.4. The van der Waals surface area contributed by atoms with Crippen molar-refractivity contribution in [1.29, 1.82) is 0 Å². The van der Waals surface area contributed by atoms with Crippen molar-refractivity contribution in [2.75, 3.05) is 0 Å². The maximum Gasteiger partial charge on any atom is 0.311 e. The summed E-state index contributed by atoms with van der Waals surface area (Å²) in [4.78, 5) is 21.7. The molecule has 0 saturated carbocycles. The van der Waals surface area contributed by atoms with E-state index in [4.69, 9.17) is 10.2 Å². The maximum atomic E-state index is 11.1. The van der Waals surface area contributed by atoms with Crippen LogP contribution < -0.4 is 0 Å². The molecule has 0 radical (unpaired) electrons. The molecule has 4 nitrogen and oxygen atoms in total. The number of rotatable bonds is 4. The van der Waals surface area contributed by atoms with Crippen LogP contribution in [-0.4, -0.2) is 22.2 Å². The minimum atomic E-state index is -1.11. The fraction of sp³-hybridized carbons (Fsp3) is 0.429. The highest BCUT2D eigenvalue weighted by Crippen LogP contribution is 2.26. The van der Waals surface area contributed by atoms with Gasteiger partial charge < -0.3 is 10.2 Å². The van der Waals surface area contributed by atoms with Crippen molar-refractivity contribution in [2.45, 2.75) is 38.5 Å². The van der Waals surface area contributed by atoms with Gasteiger partial charge in [-0.25, -0.2) is 0 Å². The molecule has 0 aromatic heterocycles. The first-order chi connectivity index (χ1) is 8.21. The van der Waals surface area contributed by atoms with E-state index in [9.17, 15) is 9.59 Å². The smallest absolute Gasteiger partial charge is 0.311 e. The largest absolute Gasteiger partial charge is 0.481 e. The SMILES string of the molecule is CC(C)(C)c1ccc([C@H](CC(=O)O)C(=O)O)cc1. The molecule has 0 fully saturated rings. The van der Waals surface area contributed by atoms with Gasteiger partial charge in [-0.15, -0.1) is 0 Å². The van der Waals surface area contributed by atoms with Crippen molar-refractivity contribution in [3.05, 3.63) is 35.4 Å². The summed E-state index contributed by atoms with van der Waals surface area (Å²) in [5.74, 6) is -3.21. The molecule has 2 N–H and O–H groups in total. The zero-order valence-electron chi connectivity index (χ0n) is 10.8. The molecule has 0 aliphatic carbocycles. The Morgan fingerprint density at radius 1 is 1.11 bits per heavy atom. The molecule has 98 valence electrons. The average Bonchev–Trinajstić information content (AvgIpc) is 2.24. The van der Waals surface area contributed by atoms with E-state index in [2.05, 4.69) is 20.8 Å². The summed E-state index contributed by atoms with van der Waals surface area (Å²) in [6.07, 6.45) is -0.399. The Balaban J connectivity index is 3.01. The lowest BCUT2D eigenvalue weighted by atomic mass is 9.85. The molecule has 0 bridgehead atoms. The summed E-state index contributed by atoms with van der Waals surface area (Å²) in [5.41, 5.74) is 1.60. The highest BCUT2D eigenvalue weighted by molar-refractivity contribution is 5.82. The second-order valence-corrected chi connectivity index (χ2v) is 5.36. The van der Waals surface area contributed by atoms with Crippen LogP contribution in [0.4, 0.5) is 0 Å². The van der Waals surface area contributed by atoms with E-state index in [1.54, 1.807) is 12.1 Å². The van der Waals surface area contributed by atoms with E-state index in [1.807, 2.05) is 12.1 Å². The van der Waals surface area contributed by atoms with Crippen LogP contribution in [-0.2, 0) is 15.0 Å². The van der Waals surface area contributed by atoms with E-state index in [1.165, 1.54) is 0 Å². The quantitative estimate of drug-likeness (QED) is 0.861. The Bertz CT molecular complexity index is 440. The van der Waals surface area contributed by atoms with Crippen molar-refractivity contribution in [3.8, 4) is 0 Å². The zero-order chi connectivity index (χ0) is 13.9. The number of carboxylic acids is 2. The topological polar surface area (TPSA) is 74.6 Å². The normalized spacial score (nSPS) is 13.1. The van der Waals surface area contributed by atoms with Crippen LogP contribution in [0.2, 0.25) is 0 Å². The van der Waals surface area contributed by atoms with Gasteiger partial charge in [0, 0.05) is 0 Å². The van der Waals surface area contributed by atoms with Crippen molar-refractivity contribution in [2.24, 2.45) is 0 Å². The molecular weight excluding hydrogens is 232 g/mol. The summed E-state index contributed by atoms with van der Waals surface area (Å²) < 4.78 is 0. The van der Waals surface area contributed by atoms with E-state index in [0.29, 0.717) is 5.56 Å². The number of benzene rings is 1. The molecule has 1 aromatic carbocycles. The number of carboxylic acid groups (broad SMARTS) is 2. The monoisotopic (exact) mass is 250 g/mol. The molecular formula is C14H18O4. The molecule has 0 aliphatic rings. The Morgan fingerprint density at radius 2 is 1.61 bits per heavy atom. The summed E-state index contributed by atoms with van der Waals surface area (Å²) in [5, 5.41) is 17.8. The number of hydrogen-bond acceptors (Lipinski definition) is 2. The van der Waals surface area contributed by atoms with E-state index >= 15 is 0 Å². The molecule has 0 aliphatic heterocycles. The predicted octanol–water partition coefficient (Wildman–Crippen LogP) is 2.63. The molecule has 1 atom stereocenters. The van der Waals surface area contributed by atoms with E-state index in [0.717, 1.165) is 5.56 Å². The minimum absolute atomic E-state index is 0.00987. The molecule has 1 rings (SSSR count). The van der Waals surface area contributed by atoms with E-state index < -0.39 is 24.3 Å². The first-order valence-corrected chi connectivity index (χ1v) is 5.77. The van der Waals surface area contributed by atoms with Crippen LogP contribution in [0.1, 0.15) is 44.2 Å². The van der Waals surface area contributed by atoms with Gasteiger partial charge in [0.25, 0.3) is 0 Å². The first kappa shape index (κ1) is 14.2. The standard InChI is InChI=1S/C14H18O4/c1-14(2,3)10-6-4-9(5-7-10)11(13(17)18)8-12(15)16/h4-7,11H,8H2,1-3H3,(H,15,16)(H,17,18)/t11-/m0/s1. The fourth-order valence-corrected chi connectivity index (χ4v) is 1.74. The van der Waals surface area contributed by atoms with Crippen LogP contribution in [0.15, 0.2) is 24.3 Å². The van der Waals surface area contributed by atoms with E-state index in [-0.39, 0.29) is 5.41 Å². The maximum absolute atomic E-state index is 11.1. The predicted molar refractivity (Wildman–Crippen MR) is 67.8 cm³/mol. The van der Waals surface area contributed by atoms with Gasteiger partial charge in [0.05, 0.1) is 12.3 Å². The molecule has 4 heteroatoms. The Labute approximate surface area is 106 Å².